The maximum Gasteiger partial charge on any atom is 0.257 e. The standard InChI is InChI=1S/C34H32N6O3/c1-22-16-25(20-35-19-22)33(42)37-27-5-3-4-23(17-27)32(41)24-6-11-29-30(34(43)38-31(29)18-24)21-36-26-7-9-28(10-8-26)40-14-12-39(2)13-15-40/h3-11,16-21,30H,12-15H2,1-2H3,(H,37,42)(H,38,43). The number of aryl methyl sites for hydroxylation is 1. The van der Waals surface area contributed by atoms with Gasteiger partial charge in [-0.3, -0.25) is 24.4 Å². The zero-order valence-electron chi connectivity index (χ0n) is 24.1. The number of benzene rings is 3. The number of anilines is 3. The first kappa shape index (κ1) is 28.0. The number of nitrogens with one attached hydrogen (secondary N) is 2. The number of pyridine rings is 1. The van der Waals surface area contributed by atoms with Gasteiger partial charge in [-0.15, -0.1) is 0 Å². The number of piperazine rings is 1. The van der Waals surface area contributed by atoms with E-state index in [9.17, 15) is 14.4 Å². The molecule has 6 rings (SSSR count). The Morgan fingerprint density at radius 3 is 2.47 bits per heavy atom. The third-order valence-electron chi connectivity index (χ3n) is 7.80. The highest BCUT2D eigenvalue weighted by molar-refractivity contribution is 6.15. The van der Waals surface area contributed by atoms with Crippen molar-refractivity contribution in [3.8, 4) is 0 Å². The molecule has 0 radical (unpaired) electrons. The van der Waals surface area contributed by atoms with Crippen molar-refractivity contribution in [3.05, 3.63) is 113 Å². The van der Waals surface area contributed by atoms with Crippen LogP contribution >= 0.6 is 0 Å². The Kier molecular flexibility index (Phi) is 7.81. The molecule has 1 saturated heterocycles. The second-order valence-corrected chi connectivity index (χ2v) is 11.0. The normalized spacial score (nSPS) is 16.7. The first-order chi connectivity index (χ1) is 20.8. The van der Waals surface area contributed by atoms with E-state index < -0.39 is 5.92 Å². The van der Waals surface area contributed by atoms with Crippen LogP contribution in [-0.2, 0) is 4.79 Å². The number of aliphatic imine (C=N–C) groups is 1. The second kappa shape index (κ2) is 12.0. The monoisotopic (exact) mass is 572 g/mol. The molecule has 9 nitrogen and oxygen atoms in total. The number of hydrogen-bond acceptors (Lipinski definition) is 7. The van der Waals surface area contributed by atoms with Gasteiger partial charge < -0.3 is 20.4 Å². The molecule has 1 unspecified atom stereocenters. The average Bonchev–Trinajstić information content (AvgIpc) is 3.34. The summed E-state index contributed by atoms with van der Waals surface area (Å²) in [7, 11) is 2.14. The third kappa shape index (κ3) is 6.22. The van der Waals surface area contributed by atoms with Crippen LogP contribution in [0.15, 0.2) is 90.2 Å². The minimum absolute atomic E-state index is 0.187. The first-order valence-corrected chi connectivity index (χ1v) is 14.2. The van der Waals surface area contributed by atoms with Crippen molar-refractivity contribution in [1.29, 1.82) is 0 Å². The molecule has 43 heavy (non-hydrogen) atoms. The topological polar surface area (TPSA) is 107 Å². The summed E-state index contributed by atoms with van der Waals surface area (Å²) >= 11 is 0. The number of nitrogens with zero attached hydrogens (tertiary/aromatic N) is 4. The predicted octanol–water partition coefficient (Wildman–Crippen LogP) is 5.06. The molecule has 2 aliphatic heterocycles. The largest absolute Gasteiger partial charge is 0.369 e. The highest BCUT2D eigenvalue weighted by Gasteiger charge is 2.30. The van der Waals surface area contributed by atoms with Gasteiger partial charge in [-0.2, -0.15) is 0 Å². The lowest BCUT2D eigenvalue weighted by atomic mass is 9.97. The summed E-state index contributed by atoms with van der Waals surface area (Å²) in [6, 6.07) is 21.8. The van der Waals surface area contributed by atoms with Crippen LogP contribution in [0.5, 0.6) is 0 Å². The predicted molar refractivity (Wildman–Crippen MR) is 169 cm³/mol. The van der Waals surface area contributed by atoms with Gasteiger partial charge >= 0.3 is 0 Å². The number of carbonyl (C=O) groups excluding carboxylic acids is 3. The highest BCUT2D eigenvalue weighted by atomic mass is 16.2. The second-order valence-electron chi connectivity index (χ2n) is 11.0. The van der Waals surface area contributed by atoms with Crippen LogP contribution < -0.4 is 15.5 Å². The highest BCUT2D eigenvalue weighted by Crippen LogP contribution is 2.33. The minimum Gasteiger partial charge on any atom is -0.369 e. The molecular weight excluding hydrogens is 540 g/mol. The van der Waals surface area contributed by atoms with Gasteiger partial charge in [-0.05, 0) is 73.6 Å². The zero-order valence-corrected chi connectivity index (χ0v) is 24.1. The molecule has 2 amide bonds. The van der Waals surface area contributed by atoms with Crippen LogP contribution in [0.1, 0.15) is 43.3 Å². The molecule has 3 heterocycles. The molecule has 9 heteroatoms. The van der Waals surface area contributed by atoms with E-state index in [2.05, 4.69) is 49.6 Å². The summed E-state index contributed by atoms with van der Waals surface area (Å²) in [5.74, 6) is -1.26. The van der Waals surface area contributed by atoms with Crippen molar-refractivity contribution in [3.63, 3.8) is 0 Å². The molecular formula is C34H32N6O3. The Morgan fingerprint density at radius 2 is 1.70 bits per heavy atom. The van der Waals surface area contributed by atoms with Gasteiger partial charge in [-0.1, -0.05) is 24.3 Å². The van der Waals surface area contributed by atoms with E-state index in [1.54, 1.807) is 60.9 Å². The van der Waals surface area contributed by atoms with E-state index in [1.165, 1.54) is 11.9 Å². The van der Waals surface area contributed by atoms with Gasteiger partial charge in [0.15, 0.2) is 5.78 Å². The van der Waals surface area contributed by atoms with Crippen LogP contribution in [0.3, 0.4) is 0 Å². The Hall–Kier alpha value is -5.15. The van der Waals surface area contributed by atoms with E-state index in [0.29, 0.717) is 28.1 Å². The van der Waals surface area contributed by atoms with Crippen LogP contribution in [0, 0.1) is 6.92 Å². The van der Waals surface area contributed by atoms with E-state index >= 15 is 0 Å². The number of carbonyl (C=O) groups is 3. The molecule has 0 aliphatic carbocycles. The SMILES string of the molecule is Cc1cncc(C(=O)Nc2cccc(C(=O)c3ccc4c(c3)NC(=O)C4C=Nc3ccc(N4CCN(C)CC4)cc3)c2)c1. The Labute approximate surface area is 250 Å². The molecule has 216 valence electrons. The van der Waals surface area contributed by atoms with Gasteiger partial charge in [-0.25, -0.2) is 0 Å². The number of amides is 2. The van der Waals surface area contributed by atoms with E-state index in [1.807, 2.05) is 19.1 Å². The number of rotatable bonds is 7. The summed E-state index contributed by atoms with van der Waals surface area (Å²) in [6.07, 6.45) is 4.83. The van der Waals surface area contributed by atoms with Gasteiger partial charge in [0.05, 0.1) is 11.3 Å². The van der Waals surface area contributed by atoms with Crippen molar-refractivity contribution >= 4 is 46.6 Å². The van der Waals surface area contributed by atoms with Crippen LogP contribution in [-0.4, -0.2) is 66.9 Å². The lowest BCUT2D eigenvalue weighted by molar-refractivity contribution is -0.115. The Bertz CT molecular complexity index is 1720. The molecule has 4 aromatic rings. The smallest absolute Gasteiger partial charge is 0.257 e. The molecule has 1 fully saturated rings. The van der Waals surface area contributed by atoms with Crippen molar-refractivity contribution < 1.29 is 14.4 Å². The van der Waals surface area contributed by atoms with Crippen molar-refractivity contribution in [2.24, 2.45) is 4.99 Å². The van der Waals surface area contributed by atoms with Gasteiger partial charge in [0.25, 0.3) is 5.91 Å². The lowest BCUT2D eigenvalue weighted by Gasteiger charge is -2.34. The fourth-order valence-electron chi connectivity index (χ4n) is 5.34. The summed E-state index contributed by atoms with van der Waals surface area (Å²) < 4.78 is 0. The van der Waals surface area contributed by atoms with Crippen molar-refractivity contribution in [2.75, 3.05) is 48.8 Å². The molecule has 1 atom stereocenters. The van der Waals surface area contributed by atoms with E-state index in [0.717, 1.165) is 43.0 Å². The van der Waals surface area contributed by atoms with Crippen LogP contribution in [0.2, 0.25) is 0 Å². The summed E-state index contributed by atoms with van der Waals surface area (Å²) in [5.41, 5.74) is 5.98. The van der Waals surface area contributed by atoms with E-state index in [-0.39, 0.29) is 17.6 Å². The minimum atomic E-state index is -0.550. The number of aromatic nitrogens is 1. The zero-order chi connectivity index (χ0) is 29.9. The maximum absolute atomic E-state index is 13.4. The van der Waals surface area contributed by atoms with Gasteiger partial charge in [0.2, 0.25) is 5.91 Å². The molecule has 2 aliphatic rings. The van der Waals surface area contributed by atoms with Gasteiger partial charge in [0.1, 0.15) is 5.92 Å². The van der Waals surface area contributed by atoms with E-state index in [4.69, 9.17) is 0 Å². The molecule has 2 N–H and O–H groups in total. The summed E-state index contributed by atoms with van der Waals surface area (Å²) in [6.45, 7) is 5.94. The fraction of sp³-hybridized carbons (Fsp3) is 0.206. The Balaban J connectivity index is 1.13. The molecule has 1 aromatic heterocycles. The third-order valence-corrected chi connectivity index (χ3v) is 7.80. The number of fused-ring (bicyclic) bond motifs is 1. The number of likely N-dealkylation sites (N-methyl/N-ethyl adjacent to an activating group) is 1. The van der Waals surface area contributed by atoms with Crippen molar-refractivity contribution in [2.45, 2.75) is 12.8 Å². The van der Waals surface area contributed by atoms with Crippen molar-refractivity contribution in [1.82, 2.24) is 9.88 Å². The fourth-order valence-corrected chi connectivity index (χ4v) is 5.34. The van der Waals surface area contributed by atoms with Gasteiger partial charge in [0, 0.05) is 73.0 Å². The van der Waals surface area contributed by atoms with Crippen LogP contribution in [0.4, 0.5) is 22.7 Å². The molecule has 0 bridgehead atoms. The molecule has 0 saturated carbocycles. The summed E-state index contributed by atoms with van der Waals surface area (Å²) in [5, 5.41) is 5.72. The first-order valence-electron chi connectivity index (χ1n) is 14.2. The Morgan fingerprint density at radius 1 is 0.930 bits per heavy atom. The lowest BCUT2D eigenvalue weighted by Crippen LogP contribution is -2.44. The quantitative estimate of drug-likeness (QED) is 0.237. The number of ketones is 1. The summed E-state index contributed by atoms with van der Waals surface area (Å²) in [4.78, 5) is 52.2. The average molecular weight is 573 g/mol. The van der Waals surface area contributed by atoms with Crippen LogP contribution in [0.25, 0.3) is 0 Å². The molecule has 0 spiro atoms. The number of hydrogen-bond donors (Lipinski definition) is 2. The molecule has 3 aromatic carbocycles. The maximum atomic E-state index is 13.4.